The summed E-state index contributed by atoms with van der Waals surface area (Å²) < 4.78 is 0. The summed E-state index contributed by atoms with van der Waals surface area (Å²) in [6.07, 6.45) is 1.29. The van der Waals surface area contributed by atoms with Gasteiger partial charge in [-0.05, 0) is 31.6 Å². The number of nitrogens with one attached hydrogen (secondary N) is 1. The first kappa shape index (κ1) is 14.3. The van der Waals surface area contributed by atoms with Gasteiger partial charge in [0.1, 0.15) is 0 Å². The lowest BCUT2D eigenvalue weighted by Crippen LogP contribution is -2.43. The van der Waals surface area contributed by atoms with Crippen LogP contribution in [0.1, 0.15) is 34.1 Å². The minimum absolute atomic E-state index is 0.677. The van der Waals surface area contributed by atoms with Crippen LogP contribution in [0.4, 0.5) is 0 Å². The zero-order valence-electron chi connectivity index (χ0n) is 11.3. The zero-order valence-corrected chi connectivity index (χ0v) is 12.1. The van der Waals surface area contributed by atoms with Gasteiger partial charge in [0.15, 0.2) is 0 Å². The standard InChI is InChI=1S/C13H28N2S/c1-5-16-9-8-15-10-13(11(2)3)14-7-6-12(15)4/h11-14H,5-10H2,1-4H3. The second-order valence-corrected chi connectivity index (χ2v) is 6.53. The summed E-state index contributed by atoms with van der Waals surface area (Å²) in [5, 5.41) is 3.68. The lowest BCUT2D eigenvalue weighted by molar-refractivity contribution is 0.204. The van der Waals surface area contributed by atoms with Gasteiger partial charge in [-0.3, -0.25) is 4.90 Å². The van der Waals surface area contributed by atoms with Crippen molar-refractivity contribution in [1.29, 1.82) is 0 Å². The molecule has 1 aliphatic rings. The van der Waals surface area contributed by atoms with Crippen LogP contribution in [0.2, 0.25) is 0 Å². The lowest BCUT2D eigenvalue weighted by atomic mass is 10.0. The molecule has 2 unspecified atom stereocenters. The zero-order chi connectivity index (χ0) is 12.0. The summed E-state index contributed by atoms with van der Waals surface area (Å²) in [7, 11) is 0. The van der Waals surface area contributed by atoms with E-state index in [1.54, 1.807) is 0 Å². The van der Waals surface area contributed by atoms with Gasteiger partial charge in [-0.25, -0.2) is 0 Å². The Morgan fingerprint density at radius 3 is 2.81 bits per heavy atom. The van der Waals surface area contributed by atoms with Gasteiger partial charge in [0.2, 0.25) is 0 Å². The Kier molecular flexibility index (Phi) is 6.78. The smallest absolute Gasteiger partial charge is 0.0218 e. The molecular weight excluding hydrogens is 216 g/mol. The summed E-state index contributed by atoms with van der Waals surface area (Å²) in [4.78, 5) is 2.67. The topological polar surface area (TPSA) is 15.3 Å². The first-order valence-corrected chi connectivity index (χ1v) is 7.85. The highest BCUT2D eigenvalue weighted by molar-refractivity contribution is 7.99. The third kappa shape index (κ3) is 4.64. The van der Waals surface area contributed by atoms with E-state index in [0.717, 1.165) is 12.0 Å². The van der Waals surface area contributed by atoms with Crippen LogP contribution in [0.5, 0.6) is 0 Å². The molecule has 0 aliphatic carbocycles. The van der Waals surface area contributed by atoms with E-state index in [2.05, 4.69) is 49.7 Å². The number of rotatable bonds is 5. The Morgan fingerprint density at radius 1 is 1.44 bits per heavy atom. The molecule has 0 radical (unpaired) electrons. The van der Waals surface area contributed by atoms with Gasteiger partial charge < -0.3 is 5.32 Å². The van der Waals surface area contributed by atoms with Gasteiger partial charge >= 0.3 is 0 Å². The van der Waals surface area contributed by atoms with E-state index in [4.69, 9.17) is 0 Å². The molecule has 0 bridgehead atoms. The van der Waals surface area contributed by atoms with Gasteiger partial charge in [0.25, 0.3) is 0 Å². The summed E-state index contributed by atoms with van der Waals surface area (Å²) >= 11 is 2.06. The van der Waals surface area contributed by atoms with Gasteiger partial charge in [-0.15, -0.1) is 0 Å². The molecule has 0 aromatic heterocycles. The molecule has 0 spiro atoms. The maximum atomic E-state index is 3.68. The highest BCUT2D eigenvalue weighted by atomic mass is 32.2. The molecule has 1 saturated heterocycles. The SMILES string of the molecule is CCSCCN1CC(C(C)C)NCCC1C. The summed E-state index contributed by atoms with van der Waals surface area (Å²) in [6.45, 7) is 12.9. The lowest BCUT2D eigenvalue weighted by Gasteiger charge is -2.30. The van der Waals surface area contributed by atoms with Crippen molar-refractivity contribution in [2.75, 3.05) is 31.1 Å². The summed E-state index contributed by atoms with van der Waals surface area (Å²) in [5.74, 6) is 3.27. The fraction of sp³-hybridized carbons (Fsp3) is 1.00. The third-order valence-electron chi connectivity index (χ3n) is 3.55. The van der Waals surface area contributed by atoms with Crippen LogP contribution in [-0.2, 0) is 0 Å². The van der Waals surface area contributed by atoms with Crippen LogP contribution in [0.3, 0.4) is 0 Å². The maximum Gasteiger partial charge on any atom is 0.0218 e. The third-order valence-corrected chi connectivity index (χ3v) is 4.43. The monoisotopic (exact) mass is 244 g/mol. The Labute approximate surface area is 106 Å². The fourth-order valence-electron chi connectivity index (χ4n) is 2.24. The van der Waals surface area contributed by atoms with Crippen molar-refractivity contribution < 1.29 is 0 Å². The predicted molar refractivity (Wildman–Crippen MR) is 75.3 cm³/mol. The molecule has 0 amide bonds. The van der Waals surface area contributed by atoms with E-state index in [9.17, 15) is 0 Å². The second kappa shape index (κ2) is 7.57. The van der Waals surface area contributed by atoms with Gasteiger partial charge in [0, 0.05) is 30.9 Å². The quantitative estimate of drug-likeness (QED) is 0.748. The van der Waals surface area contributed by atoms with Crippen molar-refractivity contribution in [2.24, 2.45) is 5.92 Å². The molecule has 96 valence electrons. The van der Waals surface area contributed by atoms with Crippen LogP contribution in [0.25, 0.3) is 0 Å². The van der Waals surface area contributed by atoms with Gasteiger partial charge in [0.05, 0.1) is 0 Å². The average Bonchev–Trinajstić information content (AvgIpc) is 2.42. The first-order chi connectivity index (χ1) is 7.65. The summed E-state index contributed by atoms with van der Waals surface area (Å²) in [5.41, 5.74) is 0. The van der Waals surface area contributed by atoms with Crippen molar-refractivity contribution in [3.8, 4) is 0 Å². The molecule has 1 aliphatic heterocycles. The number of hydrogen-bond donors (Lipinski definition) is 1. The van der Waals surface area contributed by atoms with Gasteiger partial charge in [-0.2, -0.15) is 11.8 Å². The molecule has 3 heteroatoms. The highest BCUT2D eigenvalue weighted by Crippen LogP contribution is 2.14. The molecule has 0 saturated carbocycles. The van der Waals surface area contributed by atoms with Crippen LogP contribution < -0.4 is 5.32 Å². The van der Waals surface area contributed by atoms with Crippen molar-refractivity contribution in [3.05, 3.63) is 0 Å². The molecular formula is C13H28N2S. The molecule has 2 atom stereocenters. The molecule has 1 heterocycles. The van der Waals surface area contributed by atoms with E-state index in [-0.39, 0.29) is 0 Å². The molecule has 0 aromatic rings. The molecule has 1 rings (SSSR count). The number of thioether (sulfide) groups is 1. The second-order valence-electron chi connectivity index (χ2n) is 5.13. The largest absolute Gasteiger partial charge is 0.312 e. The van der Waals surface area contributed by atoms with Gasteiger partial charge in [-0.1, -0.05) is 20.8 Å². The van der Waals surface area contributed by atoms with E-state index < -0.39 is 0 Å². The van der Waals surface area contributed by atoms with E-state index in [1.165, 1.54) is 37.6 Å². The van der Waals surface area contributed by atoms with Crippen molar-refractivity contribution in [1.82, 2.24) is 10.2 Å². The highest BCUT2D eigenvalue weighted by Gasteiger charge is 2.23. The Hall–Kier alpha value is 0.270. The molecule has 1 N–H and O–H groups in total. The maximum absolute atomic E-state index is 3.68. The minimum atomic E-state index is 0.677. The predicted octanol–water partition coefficient (Wildman–Crippen LogP) is 2.45. The van der Waals surface area contributed by atoms with Crippen LogP contribution >= 0.6 is 11.8 Å². The fourth-order valence-corrected chi connectivity index (χ4v) is 2.89. The van der Waals surface area contributed by atoms with E-state index in [1.807, 2.05) is 0 Å². The molecule has 1 fully saturated rings. The minimum Gasteiger partial charge on any atom is -0.312 e. The van der Waals surface area contributed by atoms with Crippen LogP contribution in [0.15, 0.2) is 0 Å². The summed E-state index contributed by atoms with van der Waals surface area (Å²) in [6, 6.07) is 1.42. The average molecular weight is 244 g/mol. The van der Waals surface area contributed by atoms with Crippen LogP contribution in [0, 0.1) is 5.92 Å². The Morgan fingerprint density at radius 2 is 2.19 bits per heavy atom. The van der Waals surface area contributed by atoms with Crippen molar-refractivity contribution in [3.63, 3.8) is 0 Å². The molecule has 16 heavy (non-hydrogen) atoms. The Balaban J connectivity index is 2.43. The number of hydrogen-bond acceptors (Lipinski definition) is 3. The Bertz CT molecular complexity index is 185. The van der Waals surface area contributed by atoms with Crippen molar-refractivity contribution >= 4 is 11.8 Å². The van der Waals surface area contributed by atoms with E-state index in [0.29, 0.717) is 6.04 Å². The molecule has 0 aromatic carbocycles. The number of nitrogens with zero attached hydrogens (tertiary/aromatic N) is 1. The first-order valence-electron chi connectivity index (χ1n) is 6.70. The molecule has 2 nitrogen and oxygen atoms in total. The normalized spacial score (nSPS) is 28.3. The van der Waals surface area contributed by atoms with Crippen molar-refractivity contribution in [2.45, 2.75) is 46.2 Å². The van der Waals surface area contributed by atoms with Crippen LogP contribution in [-0.4, -0.2) is 48.1 Å². The van der Waals surface area contributed by atoms with E-state index >= 15 is 0 Å².